The summed E-state index contributed by atoms with van der Waals surface area (Å²) in [5.41, 5.74) is 11.1. The number of nitrogens with one attached hydrogen (secondary N) is 3. The molecule has 138 valence electrons. The predicted octanol–water partition coefficient (Wildman–Crippen LogP) is -2.38. The summed E-state index contributed by atoms with van der Waals surface area (Å²) in [6, 6.07) is -3.19. The largest absolute Gasteiger partial charge is 0.480 e. The average molecular weight is 354 g/mol. The zero-order valence-corrected chi connectivity index (χ0v) is 13.7. The van der Waals surface area contributed by atoms with Gasteiger partial charge in [0.15, 0.2) is 0 Å². The summed E-state index contributed by atoms with van der Waals surface area (Å²) in [6.07, 6.45) is 2.85. The summed E-state index contributed by atoms with van der Waals surface area (Å²) < 4.78 is 0. The third kappa shape index (κ3) is 6.99. The number of nitrogens with zero attached hydrogens (tertiary/aromatic N) is 1. The third-order valence-electron chi connectivity index (χ3n) is 3.38. The molecule has 11 heteroatoms. The van der Waals surface area contributed by atoms with Crippen molar-refractivity contribution in [3.63, 3.8) is 0 Å². The van der Waals surface area contributed by atoms with E-state index < -0.39 is 41.8 Å². The van der Waals surface area contributed by atoms with Crippen LogP contribution in [0.4, 0.5) is 0 Å². The first-order chi connectivity index (χ1) is 11.7. The summed E-state index contributed by atoms with van der Waals surface area (Å²) in [7, 11) is 0. The number of H-pyrrole nitrogens is 1. The first-order valence-electron chi connectivity index (χ1n) is 7.55. The highest BCUT2D eigenvalue weighted by Gasteiger charge is 2.25. The molecule has 11 nitrogen and oxygen atoms in total. The Balaban J connectivity index is 2.54. The number of aromatic nitrogens is 2. The molecule has 25 heavy (non-hydrogen) atoms. The van der Waals surface area contributed by atoms with E-state index in [1.807, 2.05) is 0 Å². The van der Waals surface area contributed by atoms with Gasteiger partial charge >= 0.3 is 5.97 Å². The summed E-state index contributed by atoms with van der Waals surface area (Å²) in [5, 5.41) is 13.9. The van der Waals surface area contributed by atoms with Crippen LogP contribution in [0.3, 0.4) is 0 Å². The topological polar surface area (TPSA) is 193 Å². The monoisotopic (exact) mass is 354 g/mol. The van der Waals surface area contributed by atoms with Crippen LogP contribution in [0.25, 0.3) is 0 Å². The number of carbonyl (C=O) groups excluding carboxylic acids is 3. The second kappa shape index (κ2) is 9.37. The molecule has 0 bridgehead atoms. The number of aliphatic carboxylic acids is 1. The number of hydrogen-bond donors (Lipinski definition) is 6. The lowest BCUT2D eigenvalue weighted by atomic mass is 10.1. The highest BCUT2D eigenvalue weighted by Crippen LogP contribution is 2.00. The molecule has 0 saturated carbocycles. The molecule has 0 radical (unpaired) electrons. The Labute approximate surface area is 143 Å². The number of primary amides is 1. The highest BCUT2D eigenvalue weighted by molar-refractivity contribution is 5.91. The van der Waals surface area contributed by atoms with Gasteiger partial charge in [-0.1, -0.05) is 0 Å². The van der Waals surface area contributed by atoms with Gasteiger partial charge in [-0.05, 0) is 13.3 Å². The number of nitrogens with two attached hydrogens (primary N) is 2. The van der Waals surface area contributed by atoms with Crippen LogP contribution in [0.5, 0.6) is 0 Å². The van der Waals surface area contributed by atoms with Gasteiger partial charge in [0.1, 0.15) is 12.1 Å². The Morgan fingerprint density at radius 3 is 2.48 bits per heavy atom. The molecule has 1 aromatic heterocycles. The van der Waals surface area contributed by atoms with Gasteiger partial charge in [-0.2, -0.15) is 0 Å². The first-order valence-corrected chi connectivity index (χ1v) is 7.55. The fourth-order valence-corrected chi connectivity index (χ4v) is 1.93. The van der Waals surface area contributed by atoms with Gasteiger partial charge in [0, 0.05) is 24.7 Å². The second-order valence-electron chi connectivity index (χ2n) is 5.52. The lowest BCUT2D eigenvalue weighted by Crippen LogP contribution is -2.53. The van der Waals surface area contributed by atoms with Crippen LogP contribution in [-0.4, -0.2) is 56.9 Å². The van der Waals surface area contributed by atoms with Crippen LogP contribution >= 0.6 is 0 Å². The van der Waals surface area contributed by atoms with Crippen LogP contribution < -0.4 is 22.1 Å². The highest BCUT2D eigenvalue weighted by atomic mass is 16.4. The fourth-order valence-electron chi connectivity index (χ4n) is 1.93. The number of hydrogen-bond acceptors (Lipinski definition) is 6. The standard InChI is InChI=1S/C14H22N6O5/c1-7(19-13(23)9(15)2-3-11(16)21)12(22)20-10(14(24)25)4-8-5-17-6-18-8/h5-7,9-10H,2-4,15H2,1H3,(H2,16,21)(H,17,18)(H,19,23)(H,20,22)(H,24,25)/t7-,9-,10-/m0/s1. The molecule has 0 aromatic carbocycles. The van der Waals surface area contributed by atoms with Crippen molar-refractivity contribution in [2.75, 3.05) is 0 Å². The average Bonchev–Trinajstić information content (AvgIpc) is 3.04. The van der Waals surface area contributed by atoms with E-state index >= 15 is 0 Å². The Morgan fingerprint density at radius 2 is 1.96 bits per heavy atom. The summed E-state index contributed by atoms with van der Waals surface area (Å²) >= 11 is 0. The smallest absolute Gasteiger partial charge is 0.326 e. The molecule has 1 rings (SSSR count). The summed E-state index contributed by atoms with van der Waals surface area (Å²) in [4.78, 5) is 52.4. The molecular weight excluding hydrogens is 332 g/mol. The molecule has 3 atom stereocenters. The summed E-state index contributed by atoms with van der Waals surface area (Å²) in [6.45, 7) is 1.39. The number of aromatic amines is 1. The molecule has 3 amide bonds. The lowest BCUT2D eigenvalue weighted by Gasteiger charge is -2.20. The maximum Gasteiger partial charge on any atom is 0.326 e. The molecule has 8 N–H and O–H groups in total. The van der Waals surface area contributed by atoms with Gasteiger partial charge in [-0.15, -0.1) is 0 Å². The molecule has 0 fully saturated rings. The predicted molar refractivity (Wildman–Crippen MR) is 85.9 cm³/mol. The van der Waals surface area contributed by atoms with Crippen molar-refractivity contribution >= 4 is 23.7 Å². The normalized spacial score (nSPS) is 14.2. The van der Waals surface area contributed by atoms with Gasteiger partial charge in [0.2, 0.25) is 17.7 Å². The number of carboxylic acid groups (broad SMARTS) is 1. The number of imidazole rings is 1. The molecule has 0 spiro atoms. The Morgan fingerprint density at radius 1 is 1.28 bits per heavy atom. The maximum absolute atomic E-state index is 12.1. The van der Waals surface area contributed by atoms with Crippen molar-refractivity contribution in [3.8, 4) is 0 Å². The van der Waals surface area contributed by atoms with Crippen LogP contribution in [0, 0.1) is 0 Å². The molecule has 0 unspecified atom stereocenters. The van der Waals surface area contributed by atoms with Gasteiger partial charge in [0.25, 0.3) is 0 Å². The van der Waals surface area contributed by atoms with Gasteiger partial charge in [-0.3, -0.25) is 14.4 Å². The van der Waals surface area contributed by atoms with Crippen LogP contribution in [0.15, 0.2) is 12.5 Å². The van der Waals surface area contributed by atoms with E-state index in [-0.39, 0.29) is 19.3 Å². The lowest BCUT2D eigenvalue weighted by molar-refractivity contribution is -0.142. The molecule has 1 aromatic rings. The third-order valence-corrected chi connectivity index (χ3v) is 3.38. The zero-order chi connectivity index (χ0) is 19.0. The van der Waals surface area contributed by atoms with Crippen molar-refractivity contribution in [1.29, 1.82) is 0 Å². The number of amides is 3. The van der Waals surface area contributed by atoms with E-state index in [2.05, 4.69) is 20.6 Å². The van der Waals surface area contributed by atoms with E-state index in [9.17, 15) is 24.3 Å². The van der Waals surface area contributed by atoms with Crippen molar-refractivity contribution in [3.05, 3.63) is 18.2 Å². The van der Waals surface area contributed by atoms with Gasteiger partial charge in [-0.25, -0.2) is 9.78 Å². The molecule has 0 saturated heterocycles. The molecular formula is C14H22N6O5. The second-order valence-corrected chi connectivity index (χ2v) is 5.52. The van der Waals surface area contributed by atoms with E-state index in [0.29, 0.717) is 5.69 Å². The molecule has 1 heterocycles. The minimum Gasteiger partial charge on any atom is -0.480 e. The van der Waals surface area contributed by atoms with Crippen LogP contribution in [0.2, 0.25) is 0 Å². The minimum absolute atomic E-state index is 0.0138. The van der Waals surface area contributed by atoms with E-state index in [1.54, 1.807) is 0 Å². The Hall–Kier alpha value is -2.95. The Kier molecular flexibility index (Phi) is 7.53. The van der Waals surface area contributed by atoms with Gasteiger partial charge in [0.05, 0.1) is 12.4 Å². The van der Waals surface area contributed by atoms with Crippen molar-refractivity contribution in [1.82, 2.24) is 20.6 Å². The summed E-state index contributed by atoms with van der Waals surface area (Å²) in [5.74, 6) is -3.12. The first kappa shape index (κ1) is 20.1. The van der Waals surface area contributed by atoms with E-state index in [4.69, 9.17) is 11.5 Å². The SMILES string of the molecule is C[C@H](NC(=O)[C@@H](N)CCC(N)=O)C(=O)N[C@@H](Cc1cnc[nH]1)C(=O)O. The van der Waals surface area contributed by atoms with Crippen molar-refractivity contribution < 1.29 is 24.3 Å². The van der Waals surface area contributed by atoms with E-state index in [1.165, 1.54) is 19.4 Å². The Bertz CT molecular complexity index is 617. The fraction of sp³-hybridized carbons (Fsp3) is 0.500. The number of carbonyl (C=O) groups is 4. The van der Waals surface area contributed by atoms with E-state index in [0.717, 1.165) is 0 Å². The number of carboxylic acids is 1. The van der Waals surface area contributed by atoms with Gasteiger partial charge < -0.3 is 32.2 Å². The van der Waals surface area contributed by atoms with Crippen molar-refractivity contribution in [2.24, 2.45) is 11.5 Å². The maximum atomic E-state index is 12.1. The molecule has 0 aliphatic heterocycles. The zero-order valence-electron chi connectivity index (χ0n) is 13.7. The molecule has 0 aliphatic rings. The molecule has 0 aliphatic carbocycles. The van der Waals surface area contributed by atoms with Crippen LogP contribution in [0.1, 0.15) is 25.5 Å². The number of rotatable bonds is 10. The quantitative estimate of drug-likeness (QED) is 0.270. The minimum atomic E-state index is -1.22. The van der Waals surface area contributed by atoms with Crippen LogP contribution in [-0.2, 0) is 25.6 Å². The van der Waals surface area contributed by atoms with Crippen molar-refractivity contribution in [2.45, 2.75) is 44.3 Å².